The van der Waals surface area contributed by atoms with Crippen LogP contribution in [0.1, 0.15) is 0 Å². The molecule has 1 nitrogen and oxygen atoms in total. The van der Waals surface area contributed by atoms with Crippen molar-refractivity contribution in [3.8, 4) is 6.07 Å². The van der Waals surface area contributed by atoms with Crippen molar-refractivity contribution < 1.29 is 0 Å². The molecule has 0 amide bonds. The Balaban J connectivity index is 2.18. The lowest BCUT2D eigenvalue weighted by Crippen LogP contribution is -1.84. The third kappa shape index (κ3) is 0.467. The number of rotatable bonds is 0. The summed E-state index contributed by atoms with van der Waals surface area (Å²) in [7, 11) is 0. The summed E-state index contributed by atoms with van der Waals surface area (Å²) in [6.07, 6.45) is 8.32. The van der Waals surface area contributed by atoms with E-state index in [1.165, 1.54) is 11.1 Å². The fraction of sp³-hybridized carbons (Fsp3) is 0.100. The van der Waals surface area contributed by atoms with E-state index in [0.717, 1.165) is 11.1 Å². The van der Waals surface area contributed by atoms with Crippen LogP contribution in [-0.2, 0) is 0 Å². The molecule has 0 aromatic carbocycles. The van der Waals surface area contributed by atoms with Gasteiger partial charge in [0.2, 0.25) is 0 Å². The van der Waals surface area contributed by atoms with E-state index in [2.05, 4.69) is 24.3 Å². The molecule has 0 aromatic rings. The normalized spacial score (nSPS) is 29.2. The molecule has 1 unspecified atom stereocenters. The van der Waals surface area contributed by atoms with E-state index in [1.54, 1.807) is 0 Å². The molecule has 0 fully saturated rings. The molecule has 0 radical (unpaired) electrons. The standard InChI is InChI=1S/C10H5N/c11-5-6-1-2-8-9(6)3-7-4-10(7)8/h1-4,10H. The molecule has 0 aromatic heterocycles. The summed E-state index contributed by atoms with van der Waals surface area (Å²) in [5, 5.41) is 8.70. The van der Waals surface area contributed by atoms with E-state index >= 15 is 0 Å². The minimum absolute atomic E-state index is 0.576. The van der Waals surface area contributed by atoms with Crippen molar-refractivity contribution >= 4 is 0 Å². The zero-order valence-corrected chi connectivity index (χ0v) is 5.83. The molecular weight excluding hydrogens is 134 g/mol. The van der Waals surface area contributed by atoms with Crippen molar-refractivity contribution in [2.75, 3.05) is 0 Å². The Morgan fingerprint density at radius 2 is 2.27 bits per heavy atom. The number of allylic oxidation sites excluding steroid dienone is 8. The summed E-state index contributed by atoms with van der Waals surface area (Å²) in [4.78, 5) is 0. The molecule has 0 N–H and O–H groups in total. The Labute approximate surface area is 64.6 Å². The first-order valence-corrected chi connectivity index (χ1v) is 3.66. The fourth-order valence-corrected chi connectivity index (χ4v) is 1.76. The monoisotopic (exact) mass is 139 g/mol. The average Bonchev–Trinajstić information content (AvgIpc) is 2.55. The van der Waals surface area contributed by atoms with Crippen LogP contribution in [-0.4, -0.2) is 0 Å². The molecule has 1 atom stereocenters. The van der Waals surface area contributed by atoms with Gasteiger partial charge in [0.15, 0.2) is 0 Å². The zero-order chi connectivity index (χ0) is 7.42. The Morgan fingerprint density at radius 3 is 3.09 bits per heavy atom. The average molecular weight is 139 g/mol. The molecule has 11 heavy (non-hydrogen) atoms. The summed E-state index contributed by atoms with van der Waals surface area (Å²) in [5.74, 6) is 0.576. The van der Waals surface area contributed by atoms with Gasteiger partial charge >= 0.3 is 0 Å². The van der Waals surface area contributed by atoms with Gasteiger partial charge in [0, 0.05) is 5.92 Å². The lowest BCUT2D eigenvalue weighted by molar-refractivity contribution is 1.15. The van der Waals surface area contributed by atoms with Crippen LogP contribution in [0.5, 0.6) is 0 Å². The molecule has 3 aliphatic carbocycles. The number of nitrogens with zero attached hydrogens (tertiary/aromatic N) is 1. The predicted molar refractivity (Wildman–Crippen MR) is 41.4 cm³/mol. The minimum atomic E-state index is 0.576. The van der Waals surface area contributed by atoms with Gasteiger partial charge in [-0.1, -0.05) is 12.2 Å². The van der Waals surface area contributed by atoms with Crippen molar-refractivity contribution in [2.24, 2.45) is 5.92 Å². The highest BCUT2D eigenvalue weighted by Gasteiger charge is 2.37. The van der Waals surface area contributed by atoms with Gasteiger partial charge in [-0.2, -0.15) is 5.26 Å². The van der Waals surface area contributed by atoms with Gasteiger partial charge in [0.1, 0.15) is 0 Å². The van der Waals surface area contributed by atoms with E-state index < -0.39 is 0 Å². The Kier molecular flexibility index (Phi) is 0.645. The molecule has 0 spiro atoms. The molecule has 0 saturated heterocycles. The van der Waals surface area contributed by atoms with E-state index in [1.807, 2.05) is 6.08 Å². The van der Waals surface area contributed by atoms with E-state index in [9.17, 15) is 0 Å². The van der Waals surface area contributed by atoms with Crippen LogP contribution in [0.25, 0.3) is 0 Å². The van der Waals surface area contributed by atoms with Gasteiger partial charge in [0.05, 0.1) is 11.6 Å². The quantitative estimate of drug-likeness (QED) is 0.502. The lowest BCUT2D eigenvalue weighted by Gasteiger charge is -1.96. The van der Waals surface area contributed by atoms with Crippen LogP contribution < -0.4 is 0 Å². The topological polar surface area (TPSA) is 23.8 Å². The maximum absolute atomic E-state index is 8.70. The molecule has 3 aliphatic rings. The van der Waals surface area contributed by atoms with Crippen LogP contribution >= 0.6 is 0 Å². The molecule has 1 heteroatoms. The minimum Gasteiger partial charge on any atom is -0.192 e. The van der Waals surface area contributed by atoms with Crippen LogP contribution in [0.3, 0.4) is 0 Å². The van der Waals surface area contributed by atoms with Gasteiger partial charge in [-0.3, -0.25) is 0 Å². The summed E-state index contributed by atoms with van der Waals surface area (Å²) < 4.78 is 0. The Bertz CT molecular complexity index is 411. The lowest BCUT2D eigenvalue weighted by atomic mass is 10.1. The fourth-order valence-electron chi connectivity index (χ4n) is 1.76. The summed E-state index contributed by atoms with van der Waals surface area (Å²) in [5.41, 5.74) is 4.71. The second-order valence-electron chi connectivity index (χ2n) is 3.02. The maximum Gasteiger partial charge on any atom is 0.0998 e. The summed E-state index contributed by atoms with van der Waals surface area (Å²) in [6, 6.07) is 2.19. The number of nitriles is 1. The van der Waals surface area contributed by atoms with Gasteiger partial charge in [-0.15, -0.1) is 0 Å². The Hall–Kier alpha value is -1.55. The molecule has 50 valence electrons. The highest BCUT2D eigenvalue weighted by atomic mass is 14.4. The van der Waals surface area contributed by atoms with Crippen LogP contribution in [0.4, 0.5) is 0 Å². The number of fused-ring (bicyclic) bond motifs is 3. The van der Waals surface area contributed by atoms with Crippen molar-refractivity contribution in [1.82, 2.24) is 0 Å². The summed E-state index contributed by atoms with van der Waals surface area (Å²) >= 11 is 0. The molecule has 0 heterocycles. The largest absolute Gasteiger partial charge is 0.192 e. The highest BCUT2D eigenvalue weighted by molar-refractivity contribution is 5.74. The van der Waals surface area contributed by atoms with Crippen molar-refractivity contribution in [2.45, 2.75) is 0 Å². The van der Waals surface area contributed by atoms with Gasteiger partial charge in [-0.25, -0.2) is 0 Å². The molecule has 0 aliphatic heterocycles. The van der Waals surface area contributed by atoms with Crippen LogP contribution in [0.2, 0.25) is 0 Å². The van der Waals surface area contributed by atoms with Crippen LogP contribution in [0, 0.1) is 17.2 Å². The maximum atomic E-state index is 8.70. The Morgan fingerprint density at radius 1 is 1.36 bits per heavy atom. The first kappa shape index (κ1) is 5.15. The third-order valence-electron chi connectivity index (χ3n) is 2.41. The van der Waals surface area contributed by atoms with Crippen molar-refractivity contribution in [1.29, 1.82) is 5.26 Å². The van der Waals surface area contributed by atoms with Crippen molar-refractivity contribution in [3.63, 3.8) is 0 Å². The van der Waals surface area contributed by atoms with Crippen LogP contribution in [0.15, 0.2) is 46.6 Å². The molecule has 3 rings (SSSR count). The summed E-state index contributed by atoms with van der Waals surface area (Å²) in [6.45, 7) is 0. The first-order chi connectivity index (χ1) is 5.40. The van der Waals surface area contributed by atoms with E-state index in [4.69, 9.17) is 5.26 Å². The number of hydrogen-bond donors (Lipinski definition) is 0. The van der Waals surface area contributed by atoms with E-state index in [-0.39, 0.29) is 0 Å². The van der Waals surface area contributed by atoms with Gasteiger partial charge in [0.25, 0.3) is 0 Å². The molecule has 0 bridgehead atoms. The molecular formula is C10H5N. The third-order valence-corrected chi connectivity index (χ3v) is 2.41. The van der Waals surface area contributed by atoms with E-state index in [0.29, 0.717) is 5.92 Å². The predicted octanol–water partition coefficient (Wildman–Crippen LogP) is 1.87. The second-order valence-corrected chi connectivity index (χ2v) is 3.02. The van der Waals surface area contributed by atoms with Crippen molar-refractivity contribution in [3.05, 3.63) is 46.6 Å². The first-order valence-electron chi connectivity index (χ1n) is 3.66. The van der Waals surface area contributed by atoms with Gasteiger partial charge in [-0.05, 0) is 28.9 Å². The second kappa shape index (κ2) is 1.38. The van der Waals surface area contributed by atoms with Gasteiger partial charge < -0.3 is 0 Å². The zero-order valence-electron chi connectivity index (χ0n) is 5.83. The highest BCUT2D eigenvalue weighted by Crippen LogP contribution is 2.50. The molecule has 0 saturated carbocycles. The number of hydrogen-bond acceptors (Lipinski definition) is 1. The SMILES string of the molecule is N#CC1=CC=C2C1=CC1=CC12. The smallest absolute Gasteiger partial charge is 0.0998 e.